The predicted molar refractivity (Wildman–Crippen MR) is 63.0 cm³/mol. The van der Waals surface area contributed by atoms with E-state index in [9.17, 15) is 0 Å². The highest BCUT2D eigenvalue weighted by molar-refractivity contribution is 6.30. The van der Waals surface area contributed by atoms with Crippen LogP contribution in [-0.2, 0) is 0 Å². The van der Waals surface area contributed by atoms with E-state index in [0.29, 0.717) is 12.0 Å². The van der Waals surface area contributed by atoms with Crippen LogP contribution in [-0.4, -0.2) is 13.1 Å². The highest BCUT2D eigenvalue weighted by Gasteiger charge is 2.09. The van der Waals surface area contributed by atoms with Crippen LogP contribution < -0.4 is 5.32 Å². The number of rotatable bonds is 4. The molecule has 1 aromatic rings. The van der Waals surface area contributed by atoms with E-state index < -0.39 is 0 Å². The van der Waals surface area contributed by atoms with Gasteiger partial charge in [0.25, 0.3) is 0 Å². The molecule has 0 aliphatic heterocycles. The molecule has 0 aromatic heterocycles. The summed E-state index contributed by atoms with van der Waals surface area (Å²) >= 11 is 5.94. The third-order valence-electron chi connectivity index (χ3n) is 2.62. The fraction of sp³-hybridized carbons (Fsp3) is 0.500. The predicted octanol–water partition coefficient (Wildman–Crippen LogP) is 3.44. The highest BCUT2D eigenvalue weighted by Crippen LogP contribution is 2.23. The minimum absolute atomic E-state index is 0.545. The van der Waals surface area contributed by atoms with Gasteiger partial charge in [-0.1, -0.05) is 30.7 Å². The van der Waals surface area contributed by atoms with Crippen LogP contribution in [0, 0.1) is 0 Å². The zero-order valence-corrected chi connectivity index (χ0v) is 9.81. The lowest BCUT2D eigenvalue weighted by atomic mass is 9.95. The van der Waals surface area contributed by atoms with E-state index in [-0.39, 0.29) is 0 Å². The van der Waals surface area contributed by atoms with Crippen molar-refractivity contribution in [3.8, 4) is 0 Å². The molecule has 0 radical (unpaired) electrons. The van der Waals surface area contributed by atoms with Crippen LogP contribution in [0.2, 0.25) is 5.02 Å². The first kappa shape index (κ1) is 11.5. The number of benzene rings is 1. The topological polar surface area (TPSA) is 12.0 Å². The molecule has 1 aromatic carbocycles. The summed E-state index contributed by atoms with van der Waals surface area (Å²) in [5, 5.41) is 4.07. The number of hydrogen-bond acceptors (Lipinski definition) is 1. The van der Waals surface area contributed by atoms with Crippen LogP contribution in [0.15, 0.2) is 24.3 Å². The fourth-order valence-electron chi connectivity index (χ4n) is 1.60. The average molecular weight is 212 g/mol. The Bertz CT molecular complexity index is 285. The average Bonchev–Trinajstić information content (AvgIpc) is 2.17. The van der Waals surface area contributed by atoms with Gasteiger partial charge in [-0.3, -0.25) is 0 Å². The van der Waals surface area contributed by atoms with Gasteiger partial charge in [-0.05, 0) is 44.0 Å². The summed E-state index contributed by atoms with van der Waals surface area (Å²) in [6.07, 6.45) is 1.14. The van der Waals surface area contributed by atoms with Crippen LogP contribution in [0.4, 0.5) is 0 Å². The second-order valence-electron chi connectivity index (χ2n) is 3.88. The van der Waals surface area contributed by atoms with Gasteiger partial charge in [0.1, 0.15) is 0 Å². The van der Waals surface area contributed by atoms with Gasteiger partial charge in [0.2, 0.25) is 0 Å². The van der Waals surface area contributed by atoms with Gasteiger partial charge in [0.15, 0.2) is 0 Å². The molecule has 1 nitrogen and oxygen atoms in total. The molecule has 0 heterocycles. The molecule has 0 saturated carbocycles. The molecule has 0 spiro atoms. The molecule has 1 N–H and O–H groups in total. The molecule has 2 atom stereocenters. The summed E-state index contributed by atoms with van der Waals surface area (Å²) < 4.78 is 0. The van der Waals surface area contributed by atoms with Crippen LogP contribution in [0.1, 0.15) is 31.7 Å². The first-order valence-corrected chi connectivity index (χ1v) is 5.44. The van der Waals surface area contributed by atoms with E-state index in [2.05, 4.69) is 31.3 Å². The maximum atomic E-state index is 5.94. The van der Waals surface area contributed by atoms with Gasteiger partial charge >= 0.3 is 0 Å². The van der Waals surface area contributed by atoms with Crippen molar-refractivity contribution in [3.05, 3.63) is 34.9 Å². The molecule has 2 heteroatoms. The van der Waals surface area contributed by atoms with E-state index in [1.54, 1.807) is 0 Å². The SMILES string of the molecule is CNC(C)CC(C)c1cccc(Cl)c1. The van der Waals surface area contributed by atoms with Crippen molar-refractivity contribution in [1.82, 2.24) is 5.32 Å². The Morgan fingerprint density at radius 1 is 1.36 bits per heavy atom. The summed E-state index contributed by atoms with van der Waals surface area (Å²) in [6.45, 7) is 4.43. The summed E-state index contributed by atoms with van der Waals surface area (Å²) in [5.74, 6) is 0.552. The first-order valence-electron chi connectivity index (χ1n) is 5.06. The van der Waals surface area contributed by atoms with Gasteiger partial charge < -0.3 is 5.32 Å². The van der Waals surface area contributed by atoms with Crippen molar-refractivity contribution in [2.75, 3.05) is 7.05 Å². The van der Waals surface area contributed by atoms with E-state index in [1.165, 1.54) is 5.56 Å². The highest BCUT2D eigenvalue weighted by atomic mass is 35.5. The van der Waals surface area contributed by atoms with Gasteiger partial charge in [-0.15, -0.1) is 0 Å². The van der Waals surface area contributed by atoms with E-state index >= 15 is 0 Å². The van der Waals surface area contributed by atoms with Crippen LogP contribution >= 0.6 is 11.6 Å². The van der Waals surface area contributed by atoms with Gasteiger partial charge in [-0.25, -0.2) is 0 Å². The van der Waals surface area contributed by atoms with Gasteiger partial charge in [0, 0.05) is 11.1 Å². The molecule has 1 rings (SSSR count). The van der Waals surface area contributed by atoms with E-state index in [0.717, 1.165) is 11.4 Å². The Labute approximate surface area is 91.5 Å². The molecule has 0 amide bonds. The summed E-state index contributed by atoms with van der Waals surface area (Å²) in [7, 11) is 2.00. The zero-order chi connectivity index (χ0) is 10.6. The lowest BCUT2D eigenvalue weighted by Gasteiger charge is -2.17. The third-order valence-corrected chi connectivity index (χ3v) is 2.85. The largest absolute Gasteiger partial charge is 0.317 e. The molecule has 0 saturated heterocycles. The van der Waals surface area contributed by atoms with Crippen molar-refractivity contribution < 1.29 is 0 Å². The Balaban J connectivity index is 2.64. The Kier molecular flexibility index (Phi) is 4.43. The number of halogens is 1. The van der Waals surface area contributed by atoms with Crippen molar-refractivity contribution in [1.29, 1.82) is 0 Å². The molecule has 0 aliphatic rings. The van der Waals surface area contributed by atoms with Crippen molar-refractivity contribution in [2.24, 2.45) is 0 Å². The minimum Gasteiger partial charge on any atom is -0.317 e. The summed E-state index contributed by atoms with van der Waals surface area (Å²) in [5.41, 5.74) is 1.32. The third kappa shape index (κ3) is 3.32. The Morgan fingerprint density at radius 2 is 2.07 bits per heavy atom. The van der Waals surface area contributed by atoms with E-state index in [4.69, 9.17) is 11.6 Å². The fourth-order valence-corrected chi connectivity index (χ4v) is 1.80. The standard InChI is InChI=1S/C12H18ClN/c1-9(7-10(2)14-3)11-5-4-6-12(13)8-11/h4-6,8-10,14H,7H2,1-3H3. The van der Waals surface area contributed by atoms with Gasteiger partial charge in [0.05, 0.1) is 0 Å². The van der Waals surface area contributed by atoms with Crippen molar-refractivity contribution >= 4 is 11.6 Å². The van der Waals surface area contributed by atoms with Crippen molar-refractivity contribution in [2.45, 2.75) is 32.2 Å². The smallest absolute Gasteiger partial charge is 0.0408 e. The lowest BCUT2D eigenvalue weighted by molar-refractivity contribution is 0.516. The Morgan fingerprint density at radius 3 is 2.64 bits per heavy atom. The molecular formula is C12H18ClN. The second kappa shape index (κ2) is 5.38. The maximum Gasteiger partial charge on any atom is 0.0408 e. The summed E-state index contributed by atoms with van der Waals surface area (Å²) in [6, 6.07) is 8.66. The molecule has 2 unspecified atom stereocenters. The summed E-state index contributed by atoms with van der Waals surface area (Å²) in [4.78, 5) is 0. The quantitative estimate of drug-likeness (QED) is 0.805. The maximum absolute atomic E-state index is 5.94. The molecule has 14 heavy (non-hydrogen) atoms. The van der Waals surface area contributed by atoms with Crippen LogP contribution in [0.5, 0.6) is 0 Å². The zero-order valence-electron chi connectivity index (χ0n) is 9.05. The molecular weight excluding hydrogens is 194 g/mol. The molecule has 0 fully saturated rings. The molecule has 78 valence electrons. The molecule has 0 bridgehead atoms. The first-order chi connectivity index (χ1) is 6.63. The monoisotopic (exact) mass is 211 g/mol. The van der Waals surface area contributed by atoms with Crippen LogP contribution in [0.25, 0.3) is 0 Å². The molecule has 0 aliphatic carbocycles. The van der Waals surface area contributed by atoms with Crippen LogP contribution in [0.3, 0.4) is 0 Å². The van der Waals surface area contributed by atoms with Crippen molar-refractivity contribution in [3.63, 3.8) is 0 Å². The Hall–Kier alpha value is -0.530. The van der Waals surface area contributed by atoms with Gasteiger partial charge in [-0.2, -0.15) is 0 Å². The second-order valence-corrected chi connectivity index (χ2v) is 4.32. The number of nitrogens with one attached hydrogen (secondary N) is 1. The number of hydrogen-bond donors (Lipinski definition) is 1. The normalized spacial score (nSPS) is 15.1. The minimum atomic E-state index is 0.545. The lowest BCUT2D eigenvalue weighted by Crippen LogP contribution is -2.22. The van der Waals surface area contributed by atoms with E-state index in [1.807, 2.05) is 19.2 Å².